The first-order chi connectivity index (χ1) is 7.24. The molecule has 1 rings (SSSR count). The fourth-order valence-corrected chi connectivity index (χ4v) is 1.45. The van der Waals surface area contributed by atoms with Crippen molar-refractivity contribution in [1.82, 2.24) is 0 Å². The summed E-state index contributed by atoms with van der Waals surface area (Å²) in [7, 11) is 0. The molecule has 0 aromatic heterocycles. The van der Waals surface area contributed by atoms with Gasteiger partial charge in [-0.15, -0.1) is 0 Å². The summed E-state index contributed by atoms with van der Waals surface area (Å²) in [6.45, 7) is 8.15. The number of benzene rings is 1. The second-order valence-electron chi connectivity index (χ2n) is 3.58. The number of hydrogen-bond acceptors (Lipinski definition) is 1. The molecule has 0 spiro atoms. The topological polar surface area (TPSA) is 20.2 Å². The number of hydrogen-bond donors (Lipinski definition) is 1. The van der Waals surface area contributed by atoms with Gasteiger partial charge in [-0.1, -0.05) is 45.7 Å². The Morgan fingerprint density at radius 1 is 1.13 bits per heavy atom. The van der Waals surface area contributed by atoms with Gasteiger partial charge in [-0.2, -0.15) is 0 Å². The van der Waals surface area contributed by atoms with Crippen LogP contribution in [0.1, 0.15) is 51.2 Å². The summed E-state index contributed by atoms with van der Waals surface area (Å²) in [5.41, 5.74) is 2.32. The van der Waals surface area contributed by atoms with Crippen molar-refractivity contribution >= 4 is 0 Å². The second kappa shape index (κ2) is 8.34. The largest absolute Gasteiger partial charge is 0.508 e. The van der Waals surface area contributed by atoms with Gasteiger partial charge in [0.2, 0.25) is 0 Å². The first kappa shape index (κ1) is 14.0. The predicted molar refractivity (Wildman–Crippen MR) is 67.4 cm³/mol. The zero-order chi connectivity index (χ0) is 11.7. The highest BCUT2D eigenvalue weighted by molar-refractivity contribution is 5.34. The minimum Gasteiger partial charge on any atom is -0.508 e. The Labute approximate surface area is 94.2 Å². The lowest BCUT2D eigenvalue weighted by Gasteiger charge is -2.03. The molecule has 0 aliphatic carbocycles. The molecule has 1 heteroatoms. The summed E-state index contributed by atoms with van der Waals surface area (Å²) in [5, 5.41) is 9.32. The molecule has 86 valence electrons. The van der Waals surface area contributed by atoms with E-state index in [4.69, 9.17) is 0 Å². The molecule has 1 aromatic carbocycles. The Morgan fingerprint density at radius 2 is 1.80 bits per heavy atom. The van der Waals surface area contributed by atoms with Crippen molar-refractivity contribution in [2.45, 2.75) is 53.4 Å². The molecule has 0 bridgehead atoms. The van der Waals surface area contributed by atoms with Crippen LogP contribution < -0.4 is 0 Å². The van der Waals surface area contributed by atoms with E-state index >= 15 is 0 Å². The lowest BCUT2D eigenvalue weighted by molar-refractivity contribution is 0.471. The maximum Gasteiger partial charge on any atom is 0.118 e. The molecule has 0 amide bonds. The molecule has 0 heterocycles. The summed E-state index contributed by atoms with van der Waals surface area (Å²) in [6, 6.07) is 5.87. The minimum absolute atomic E-state index is 0.402. The van der Waals surface area contributed by atoms with Crippen molar-refractivity contribution < 1.29 is 5.11 Å². The van der Waals surface area contributed by atoms with Crippen LogP contribution in [0.5, 0.6) is 5.75 Å². The van der Waals surface area contributed by atoms with E-state index < -0.39 is 0 Å². The van der Waals surface area contributed by atoms with Crippen molar-refractivity contribution in [3.8, 4) is 5.75 Å². The second-order valence-corrected chi connectivity index (χ2v) is 3.58. The molecule has 0 saturated carbocycles. The van der Waals surface area contributed by atoms with Crippen molar-refractivity contribution in [2.24, 2.45) is 0 Å². The smallest absolute Gasteiger partial charge is 0.118 e. The molecule has 0 aliphatic heterocycles. The summed E-state index contributed by atoms with van der Waals surface area (Å²) >= 11 is 0. The number of rotatable bonds is 4. The number of aromatic hydroxyl groups is 1. The maximum atomic E-state index is 9.32. The average molecular weight is 208 g/mol. The lowest BCUT2D eigenvalue weighted by atomic mass is 10.0. The average Bonchev–Trinajstić information content (AvgIpc) is 2.27. The molecule has 0 fully saturated rings. The van der Waals surface area contributed by atoms with Gasteiger partial charge in [0.25, 0.3) is 0 Å². The third-order valence-electron chi connectivity index (χ3n) is 2.33. The highest BCUT2D eigenvalue weighted by atomic mass is 16.3. The van der Waals surface area contributed by atoms with E-state index in [1.165, 1.54) is 24.8 Å². The van der Waals surface area contributed by atoms with Gasteiger partial charge in [0.15, 0.2) is 0 Å². The van der Waals surface area contributed by atoms with Crippen molar-refractivity contribution in [1.29, 1.82) is 0 Å². The first-order valence-corrected chi connectivity index (χ1v) is 6.02. The van der Waals surface area contributed by atoms with Gasteiger partial charge in [-0.05, 0) is 37.0 Å². The Bertz CT molecular complexity index is 266. The molecule has 0 unspecified atom stereocenters. The first-order valence-electron chi connectivity index (χ1n) is 6.02. The number of unbranched alkanes of at least 4 members (excludes halogenated alkanes) is 2. The van der Waals surface area contributed by atoms with Crippen LogP contribution in [0.25, 0.3) is 0 Å². The molecule has 15 heavy (non-hydrogen) atoms. The standard InChI is InChI=1S/C12H18O.C2H6/c1-3-4-5-6-11-7-8-12(13)10(2)9-11;1-2/h7-9,13H,3-6H2,1-2H3;1-2H3. The highest BCUT2D eigenvalue weighted by Crippen LogP contribution is 2.18. The van der Waals surface area contributed by atoms with Crippen LogP contribution in [0.15, 0.2) is 18.2 Å². The third-order valence-corrected chi connectivity index (χ3v) is 2.33. The number of aryl methyl sites for hydroxylation is 2. The molecule has 0 aliphatic rings. The predicted octanol–water partition coefficient (Wildman–Crippen LogP) is 4.46. The van der Waals surface area contributed by atoms with E-state index in [9.17, 15) is 5.11 Å². The maximum absolute atomic E-state index is 9.32. The molecule has 0 saturated heterocycles. The van der Waals surface area contributed by atoms with E-state index in [1.807, 2.05) is 26.8 Å². The van der Waals surface area contributed by atoms with E-state index in [-0.39, 0.29) is 0 Å². The van der Waals surface area contributed by atoms with E-state index in [2.05, 4.69) is 13.0 Å². The summed E-state index contributed by atoms with van der Waals surface area (Å²) in [5.74, 6) is 0.402. The van der Waals surface area contributed by atoms with Gasteiger partial charge < -0.3 is 5.11 Å². The molecule has 1 nitrogen and oxygen atoms in total. The van der Waals surface area contributed by atoms with Gasteiger partial charge in [0.05, 0.1) is 0 Å². The van der Waals surface area contributed by atoms with Gasteiger partial charge in [-0.25, -0.2) is 0 Å². The summed E-state index contributed by atoms with van der Waals surface area (Å²) < 4.78 is 0. The third kappa shape index (κ3) is 5.46. The molecule has 1 N–H and O–H groups in total. The van der Waals surface area contributed by atoms with Crippen LogP contribution in [0.4, 0.5) is 0 Å². The van der Waals surface area contributed by atoms with E-state index in [1.54, 1.807) is 6.07 Å². The van der Waals surface area contributed by atoms with Crippen LogP contribution in [-0.4, -0.2) is 5.11 Å². The molecule has 1 aromatic rings. The van der Waals surface area contributed by atoms with Gasteiger partial charge >= 0.3 is 0 Å². The number of phenolic OH excluding ortho intramolecular Hbond substituents is 1. The normalized spacial score (nSPS) is 9.33. The highest BCUT2D eigenvalue weighted by Gasteiger charge is 1.97. The van der Waals surface area contributed by atoms with Crippen molar-refractivity contribution in [3.63, 3.8) is 0 Å². The van der Waals surface area contributed by atoms with Gasteiger partial charge in [0.1, 0.15) is 5.75 Å². The number of phenols is 1. The Hall–Kier alpha value is -0.980. The summed E-state index contributed by atoms with van der Waals surface area (Å²) in [4.78, 5) is 0. The van der Waals surface area contributed by atoms with Crippen molar-refractivity contribution in [3.05, 3.63) is 29.3 Å². The zero-order valence-electron chi connectivity index (χ0n) is 10.5. The molecule has 0 atom stereocenters. The fraction of sp³-hybridized carbons (Fsp3) is 0.571. The van der Waals surface area contributed by atoms with Gasteiger partial charge in [0, 0.05) is 0 Å². The van der Waals surface area contributed by atoms with E-state index in [0.29, 0.717) is 5.75 Å². The van der Waals surface area contributed by atoms with Gasteiger partial charge in [-0.3, -0.25) is 0 Å². The minimum atomic E-state index is 0.402. The van der Waals surface area contributed by atoms with Crippen molar-refractivity contribution in [2.75, 3.05) is 0 Å². The monoisotopic (exact) mass is 208 g/mol. The fourth-order valence-electron chi connectivity index (χ4n) is 1.45. The Morgan fingerprint density at radius 3 is 2.33 bits per heavy atom. The zero-order valence-corrected chi connectivity index (χ0v) is 10.5. The van der Waals surface area contributed by atoms with E-state index in [0.717, 1.165) is 12.0 Å². The SMILES string of the molecule is CC.CCCCCc1ccc(O)c(C)c1. The van der Waals surface area contributed by atoms with Crippen LogP contribution in [0, 0.1) is 6.92 Å². The Kier molecular flexibility index (Phi) is 7.79. The molecular formula is C14H24O. The lowest BCUT2D eigenvalue weighted by Crippen LogP contribution is -1.86. The molecular weight excluding hydrogens is 184 g/mol. The van der Waals surface area contributed by atoms with Crippen LogP contribution in [0.2, 0.25) is 0 Å². The quantitative estimate of drug-likeness (QED) is 0.724. The summed E-state index contributed by atoms with van der Waals surface area (Å²) in [6.07, 6.45) is 4.94. The van der Waals surface area contributed by atoms with Crippen LogP contribution >= 0.6 is 0 Å². The van der Waals surface area contributed by atoms with Crippen LogP contribution in [-0.2, 0) is 6.42 Å². The Balaban J connectivity index is 0.000000921. The molecule has 0 radical (unpaired) electrons. The van der Waals surface area contributed by atoms with Crippen LogP contribution in [0.3, 0.4) is 0 Å².